The maximum atomic E-state index is 13.3. The number of nitrogens with one attached hydrogen (secondary N) is 1. The highest BCUT2D eigenvalue weighted by molar-refractivity contribution is 7.89. The number of anilines is 1. The van der Waals surface area contributed by atoms with Crippen molar-refractivity contribution in [2.45, 2.75) is 24.5 Å². The van der Waals surface area contributed by atoms with Crippen LogP contribution in [0.2, 0.25) is 0 Å². The zero-order valence-electron chi connectivity index (χ0n) is 19.1. The Hall–Kier alpha value is -3.69. The van der Waals surface area contributed by atoms with Gasteiger partial charge in [-0.15, -0.1) is 0 Å². The van der Waals surface area contributed by atoms with Gasteiger partial charge < -0.3 is 14.8 Å². The number of ether oxygens (including phenoxy) is 2. The molecular formula is C25H26N2O6S. The molecule has 3 aromatic carbocycles. The van der Waals surface area contributed by atoms with Crippen molar-refractivity contribution in [2.24, 2.45) is 0 Å². The number of carbonyl (C=O) groups is 2. The second-order valence-electron chi connectivity index (χ2n) is 7.52. The van der Waals surface area contributed by atoms with Gasteiger partial charge in [0.2, 0.25) is 10.0 Å². The normalized spacial score (nSPS) is 12.1. The highest BCUT2D eigenvalue weighted by Crippen LogP contribution is 2.28. The number of amides is 1. The Kier molecular flexibility index (Phi) is 8.04. The molecule has 3 rings (SSSR count). The van der Waals surface area contributed by atoms with E-state index in [-0.39, 0.29) is 22.8 Å². The largest absolute Gasteiger partial charge is 0.495 e. The highest BCUT2D eigenvalue weighted by atomic mass is 32.2. The minimum atomic E-state index is -4.00. The average Bonchev–Trinajstić information content (AvgIpc) is 2.84. The summed E-state index contributed by atoms with van der Waals surface area (Å²) in [4.78, 5) is 24.9. The van der Waals surface area contributed by atoms with Crippen molar-refractivity contribution in [3.8, 4) is 5.75 Å². The lowest BCUT2D eigenvalue weighted by molar-refractivity contribution is -0.123. The van der Waals surface area contributed by atoms with Crippen LogP contribution in [0.4, 0.5) is 5.69 Å². The number of nitrogens with zero attached hydrogens (tertiary/aromatic N) is 1. The third-order valence-corrected chi connectivity index (χ3v) is 6.85. The lowest BCUT2D eigenvalue weighted by Gasteiger charge is -2.20. The van der Waals surface area contributed by atoms with Crippen LogP contribution in [0, 0.1) is 0 Å². The fraction of sp³-hybridized carbons (Fsp3) is 0.200. The molecule has 0 aromatic heterocycles. The summed E-state index contributed by atoms with van der Waals surface area (Å²) < 4.78 is 38.2. The van der Waals surface area contributed by atoms with Crippen LogP contribution in [-0.4, -0.2) is 44.9 Å². The van der Waals surface area contributed by atoms with Gasteiger partial charge in [0, 0.05) is 19.3 Å². The van der Waals surface area contributed by atoms with E-state index in [9.17, 15) is 18.0 Å². The van der Waals surface area contributed by atoms with Gasteiger partial charge in [0.25, 0.3) is 5.91 Å². The molecule has 3 aromatic rings. The average molecular weight is 483 g/mol. The summed E-state index contributed by atoms with van der Waals surface area (Å²) in [5.41, 5.74) is 1.35. The number of esters is 1. The van der Waals surface area contributed by atoms with Gasteiger partial charge in [-0.25, -0.2) is 13.2 Å². The molecule has 0 saturated heterocycles. The van der Waals surface area contributed by atoms with E-state index in [0.29, 0.717) is 5.69 Å². The van der Waals surface area contributed by atoms with E-state index in [1.807, 2.05) is 36.4 Å². The van der Waals surface area contributed by atoms with Crippen molar-refractivity contribution in [1.29, 1.82) is 0 Å². The van der Waals surface area contributed by atoms with Crippen LogP contribution < -0.4 is 10.1 Å². The highest BCUT2D eigenvalue weighted by Gasteiger charge is 2.27. The van der Waals surface area contributed by atoms with Gasteiger partial charge >= 0.3 is 5.97 Å². The summed E-state index contributed by atoms with van der Waals surface area (Å²) in [5.74, 6) is -1.25. The fourth-order valence-electron chi connectivity index (χ4n) is 3.15. The predicted octanol–water partition coefficient (Wildman–Crippen LogP) is 3.70. The Bertz CT molecular complexity index is 1250. The van der Waals surface area contributed by atoms with Gasteiger partial charge in [-0.1, -0.05) is 48.5 Å². The number of methoxy groups -OCH3 is 1. The number of rotatable bonds is 9. The summed E-state index contributed by atoms with van der Waals surface area (Å²) >= 11 is 0. The molecule has 0 unspecified atom stereocenters. The molecule has 0 heterocycles. The maximum Gasteiger partial charge on any atom is 0.338 e. The van der Waals surface area contributed by atoms with Crippen molar-refractivity contribution in [3.05, 3.63) is 90.0 Å². The van der Waals surface area contributed by atoms with Crippen LogP contribution in [-0.2, 0) is 26.1 Å². The van der Waals surface area contributed by atoms with E-state index in [1.165, 1.54) is 43.6 Å². The summed E-state index contributed by atoms with van der Waals surface area (Å²) in [6, 6.07) is 21.8. The van der Waals surface area contributed by atoms with Gasteiger partial charge in [0.1, 0.15) is 10.6 Å². The van der Waals surface area contributed by atoms with Crippen molar-refractivity contribution < 1.29 is 27.5 Å². The molecule has 34 heavy (non-hydrogen) atoms. The van der Waals surface area contributed by atoms with Gasteiger partial charge in [0.15, 0.2) is 6.10 Å². The number of carbonyl (C=O) groups excluding carboxylic acids is 2. The molecule has 0 saturated carbocycles. The van der Waals surface area contributed by atoms with E-state index in [2.05, 4.69) is 5.32 Å². The van der Waals surface area contributed by atoms with E-state index in [1.54, 1.807) is 24.3 Å². The monoisotopic (exact) mass is 482 g/mol. The summed E-state index contributed by atoms with van der Waals surface area (Å²) in [7, 11) is -1.21. The molecule has 0 aliphatic carbocycles. The quantitative estimate of drug-likeness (QED) is 0.467. The summed E-state index contributed by atoms with van der Waals surface area (Å²) in [6.07, 6.45) is -1.10. The van der Waals surface area contributed by atoms with Crippen LogP contribution in [0.25, 0.3) is 0 Å². The second-order valence-corrected chi connectivity index (χ2v) is 9.53. The summed E-state index contributed by atoms with van der Waals surface area (Å²) in [6.45, 7) is 1.57. The molecule has 0 bridgehead atoms. The van der Waals surface area contributed by atoms with Crippen molar-refractivity contribution in [2.75, 3.05) is 19.5 Å². The SMILES string of the molecule is COc1ccc(C(=O)O[C@@H](C)C(=O)Nc2ccccc2)cc1S(=O)(=O)N(C)Cc1ccccc1. The molecule has 178 valence electrons. The molecule has 1 amide bonds. The number of sulfonamides is 1. The standard InChI is InChI=1S/C25H26N2O6S/c1-18(24(28)26-21-12-8-5-9-13-21)33-25(29)20-14-15-22(32-3)23(16-20)34(30,31)27(2)17-19-10-6-4-7-11-19/h4-16,18H,17H2,1-3H3,(H,26,28)/t18-/m0/s1. The van der Waals surface area contributed by atoms with Crippen molar-refractivity contribution in [1.82, 2.24) is 4.31 Å². The van der Waals surface area contributed by atoms with Crippen molar-refractivity contribution in [3.63, 3.8) is 0 Å². The zero-order chi connectivity index (χ0) is 24.7. The summed E-state index contributed by atoms with van der Waals surface area (Å²) in [5, 5.41) is 2.65. The fourth-order valence-corrected chi connectivity index (χ4v) is 4.48. The predicted molar refractivity (Wildman–Crippen MR) is 128 cm³/mol. The lowest BCUT2D eigenvalue weighted by Crippen LogP contribution is -2.30. The van der Waals surface area contributed by atoms with Gasteiger partial charge in [-0.05, 0) is 42.8 Å². The number of hydrogen-bond acceptors (Lipinski definition) is 6. The number of benzene rings is 3. The molecule has 9 heteroatoms. The first-order valence-electron chi connectivity index (χ1n) is 10.5. The molecule has 0 aliphatic heterocycles. The smallest absolute Gasteiger partial charge is 0.338 e. The first kappa shape index (κ1) is 24.9. The molecule has 0 fully saturated rings. The van der Waals surface area contributed by atoms with Crippen molar-refractivity contribution >= 4 is 27.6 Å². The topological polar surface area (TPSA) is 102 Å². The van der Waals surface area contributed by atoms with Crippen LogP contribution >= 0.6 is 0 Å². The van der Waals surface area contributed by atoms with Gasteiger partial charge in [0.05, 0.1) is 12.7 Å². The first-order chi connectivity index (χ1) is 16.2. The molecule has 1 atom stereocenters. The second kappa shape index (κ2) is 11.0. The van der Waals surface area contributed by atoms with E-state index in [4.69, 9.17) is 9.47 Å². The maximum absolute atomic E-state index is 13.3. The van der Waals surface area contributed by atoms with E-state index >= 15 is 0 Å². The van der Waals surface area contributed by atoms with Crippen LogP contribution in [0.1, 0.15) is 22.8 Å². The Morgan fingerprint density at radius 3 is 2.21 bits per heavy atom. The molecule has 0 spiro atoms. The minimum Gasteiger partial charge on any atom is -0.495 e. The Morgan fingerprint density at radius 1 is 0.971 bits per heavy atom. The number of para-hydroxylation sites is 1. The molecule has 8 nitrogen and oxygen atoms in total. The Morgan fingerprint density at radius 2 is 1.59 bits per heavy atom. The van der Waals surface area contributed by atoms with Gasteiger partial charge in [-0.2, -0.15) is 4.31 Å². The molecule has 0 radical (unpaired) electrons. The lowest BCUT2D eigenvalue weighted by atomic mass is 10.2. The first-order valence-corrected chi connectivity index (χ1v) is 11.9. The van der Waals surface area contributed by atoms with Gasteiger partial charge in [-0.3, -0.25) is 4.79 Å². The van der Waals surface area contributed by atoms with Crippen LogP contribution in [0.3, 0.4) is 0 Å². The third-order valence-electron chi connectivity index (χ3n) is 5.03. The Labute approximate surface area is 199 Å². The molecule has 1 N–H and O–H groups in total. The van der Waals surface area contributed by atoms with E-state index in [0.717, 1.165) is 5.56 Å². The minimum absolute atomic E-state index is 0.0214. The Balaban J connectivity index is 1.78. The van der Waals surface area contributed by atoms with Crippen LogP contribution in [0.15, 0.2) is 83.8 Å². The zero-order valence-corrected chi connectivity index (χ0v) is 19.9. The van der Waals surface area contributed by atoms with E-state index < -0.39 is 28.0 Å². The molecular weight excluding hydrogens is 456 g/mol. The number of hydrogen-bond donors (Lipinski definition) is 1. The van der Waals surface area contributed by atoms with Crippen LogP contribution in [0.5, 0.6) is 5.75 Å². The third kappa shape index (κ3) is 6.00. The molecule has 0 aliphatic rings.